The number of β-amino-alcohol motifs (C(OH)–C–C–N with tert-alkyl or cyclic N) is 1. The molecule has 0 aromatic carbocycles. The van der Waals surface area contributed by atoms with Crippen LogP contribution in [-0.2, 0) is 4.79 Å². The van der Waals surface area contributed by atoms with E-state index in [0.29, 0.717) is 25.9 Å². The van der Waals surface area contributed by atoms with Crippen LogP contribution < -0.4 is 5.73 Å². The molecule has 76 valence electrons. The Morgan fingerprint density at radius 2 is 2.38 bits per heavy atom. The molecule has 0 aromatic rings. The summed E-state index contributed by atoms with van der Waals surface area (Å²) in [6.45, 7) is 3.26. The number of hydrogen-bond acceptors (Lipinski definition) is 3. The van der Waals surface area contributed by atoms with Crippen LogP contribution in [0.15, 0.2) is 0 Å². The number of hydrogen-bond donors (Lipinski definition) is 2. The minimum absolute atomic E-state index is 0.131. The Hall–Kier alpha value is -0.610. The van der Waals surface area contributed by atoms with Crippen LogP contribution in [0.3, 0.4) is 0 Å². The van der Waals surface area contributed by atoms with Gasteiger partial charge in [-0.3, -0.25) is 4.79 Å². The van der Waals surface area contributed by atoms with Crippen molar-refractivity contribution in [2.24, 2.45) is 5.73 Å². The molecule has 0 radical (unpaired) electrons. The average molecular weight is 186 g/mol. The van der Waals surface area contributed by atoms with Crippen LogP contribution in [0.1, 0.15) is 26.2 Å². The second kappa shape index (κ2) is 4.07. The molecule has 1 saturated heterocycles. The third-order valence-electron chi connectivity index (χ3n) is 2.53. The van der Waals surface area contributed by atoms with E-state index in [9.17, 15) is 9.90 Å². The number of carbonyl (C=O) groups is 1. The minimum atomic E-state index is -0.830. The quantitative estimate of drug-likeness (QED) is 0.636. The van der Waals surface area contributed by atoms with E-state index in [-0.39, 0.29) is 12.5 Å². The summed E-state index contributed by atoms with van der Waals surface area (Å²) in [5.41, 5.74) is 4.59. The van der Waals surface area contributed by atoms with E-state index in [0.717, 1.165) is 6.42 Å². The molecular weight excluding hydrogens is 168 g/mol. The SMILES string of the molecule is CCCC(=O)N1CCC(O)(CN)C1. The smallest absolute Gasteiger partial charge is 0.222 e. The zero-order valence-corrected chi connectivity index (χ0v) is 8.12. The Morgan fingerprint density at radius 3 is 2.85 bits per heavy atom. The van der Waals surface area contributed by atoms with Crippen molar-refractivity contribution >= 4 is 5.91 Å². The maximum atomic E-state index is 11.4. The van der Waals surface area contributed by atoms with Gasteiger partial charge in [-0.1, -0.05) is 6.92 Å². The molecule has 0 aromatic heterocycles. The summed E-state index contributed by atoms with van der Waals surface area (Å²) < 4.78 is 0. The molecule has 1 amide bonds. The van der Waals surface area contributed by atoms with Gasteiger partial charge in [-0.25, -0.2) is 0 Å². The molecule has 0 saturated carbocycles. The molecule has 4 nitrogen and oxygen atoms in total. The lowest BCUT2D eigenvalue weighted by Gasteiger charge is -2.21. The Balaban J connectivity index is 2.45. The van der Waals surface area contributed by atoms with Crippen LogP contribution >= 0.6 is 0 Å². The highest BCUT2D eigenvalue weighted by Crippen LogP contribution is 2.20. The molecule has 13 heavy (non-hydrogen) atoms. The van der Waals surface area contributed by atoms with E-state index in [4.69, 9.17) is 5.73 Å². The monoisotopic (exact) mass is 186 g/mol. The lowest BCUT2D eigenvalue weighted by Crippen LogP contribution is -2.41. The van der Waals surface area contributed by atoms with Crippen molar-refractivity contribution in [1.82, 2.24) is 4.90 Å². The molecule has 1 unspecified atom stereocenters. The fraction of sp³-hybridized carbons (Fsp3) is 0.889. The van der Waals surface area contributed by atoms with E-state index >= 15 is 0 Å². The van der Waals surface area contributed by atoms with E-state index in [1.165, 1.54) is 0 Å². The summed E-state index contributed by atoms with van der Waals surface area (Å²) in [5.74, 6) is 0.131. The molecule has 3 N–H and O–H groups in total. The number of nitrogens with two attached hydrogens (primary N) is 1. The van der Waals surface area contributed by atoms with Crippen LogP contribution in [0, 0.1) is 0 Å². The molecule has 4 heteroatoms. The molecule has 1 aliphatic rings. The lowest BCUT2D eigenvalue weighted by atomic mass is 10.0. The van der Waals surface area contributed by atoms with Crippen molar-refractivity contribution < 1.29 is 9.90 Å². The van der Waals surface area contributed by atoms with E-state index < -0.39 is 5.60 Å². The molecule has 1 atom stereocenters. The van der Waals surface area contributed by atoms with Crippen LogP contribution in [0.2, 0.25) is 0 Å². The van der Waals surface area contributed by atoms with Crippen LogP contribution in [0.4, 0.5) is 0 Å². The van der Waals surface area contributed by atoms with Gasteiger partial charge in [0.05, 0.1) is 12.1 Å². The lowest BCUT2D eigenvalue weighted by molar-refractivity contribution is -0.131. The Bertz CT molecular complexity index is 196. The van der Waals surface area contributed by atoms with Crippen molar-refractivity contribution in [3.8, 4) is 0 Å². The summed E-state index contributed by atoms with van der Waals surface area (Å²) in [7, 11) is 0. The van der Waals surface area contributed by atoms with Crippen molar-refractivity contribution in [2.45, 2.75) is 31.8 Å². The van der Waals surface area contributed by atoms with Gasteiger partial charge in [0.1, 0.15) is 0 Å². The van der Waals surface area contributed by atoms with Crippen LogP contribution in [-0.4, -0.2) is 41.1 Å². The fourth-order valence-electron chi connectivity index (χ4n) is 1.61. The third-order valence-corrected chi connectivity index (χ3v) is 2.53. The van der Waals surface area contributed by atoms with Gasteiger partial charge in [-0.15, -0.1) is 0 Å². The first kappa shape index (κ1) is 10.5. The number of nitrogens with zero attached hydrogens (tertiary/aromatic N) is 1. The second-order valence-corrected chi connectivity index (χ2v) is 3.74. The Morgan fingerprint density at radius 1 is 1.69 bits per heavy atom. The average Bonchev–Trinajstić information content (AvgIpc) is 2.50. The highest BCUT2D eigenvalue weighted by atomic mass is 16.3. The summed E-state index contributed by atoms with van der Waals surface area (Å²) in [6.07, 6.45) is 2.04. The highest BCUT2D eigenvalue weighted by molar-refractivity contribution is 5.76. The maximum absolute atomic E-state index is 11.4. The Kier molecular flexibility index (Phi) is 3.27. The molecule has 1 aliphatic heterocycles. The molecule has 0 spiro atoms. The highest BCUT2D eigenvalue weighted by Gasteiger charge is 2.36. The zero-order chi connectivity index (χ0) is 9.90. The number of aliphatic hydroxyl groups is 1. The summed E-state index contributed by atoms with van der Waals surface area (Å²) in [6, 6.07) is 0. The molecule has 1 rings (SSSR count). The van der Waals surface area contributed by atoms with Gasteiger partial charge in [-0.05, 0) is 12.8 Å². The van der Waals surface area contributed by atoms with Gasteiger partial charge in [0, 0.05) is 19.5 Å². The van der Waals surface area contributed by atoms with Crippen molar-refractivity contribution in [2.75, 3.05) is 19.6 Å². The second-order valence-electron chi connectivity index (χ2n) is 3.74. The van der Waals surface area contributed by atoms with E-state index in [1.807, 2.05) is 6.92 Å². The van der Waals surface area contributed by atoms with Gasteiger partial charge < -0.3 is 15.7 Å². The third kappa shape index (κ3) is 2.42. The topological polar surface area (TPSA) is 66.6 Å². The number of likely N-dealkylation sites (tertiary alicyclic amines) is 1. The van der Waals surface area contributed by atoms with Gasteiger partial charge in [0.2, 0.25) is 5.91 Å². The summed E-state index contributed by atoms with van der Waals surface area (Å²) >= 11 is 0. The van der Waals surface area contributed by atoms with Crippen molar-refractivity contribution in [3.63, 3.8) is 0 Å². The van der Waals surface area contributed by atoms with Crippen molar-refractivity contribution in [1.29, 1.82) is 0 Å². The molecule has 1 fully saturated rings. The first-order valence-corrected chi connectivity index (χ1v) is 4.81. The van der Waals surface area contributed by atoms with Gasteiger partial charge in [0.15, 0.2) is 0 Å². The molecular formula is C9H18N2O2. The van der Waals surface area contributed by atoms with Crippen molar-refractivity contribution in [3.05, 3.63) is 0 Å². The number of amides is 1. The van der Waals surface area contributed by atoms with Gasteiger partial charge in [0.25, 0.3) is 0 Å². The molecule has 0 aliphatic carbocycles. The largest absolute Gasteiger partial charge is 0.387 e. The predicted octanol–water partition coefficient (Wildman–Crippen LogP) is -0.291. The number of carbonyl (C=O) groups excluding carboxylic acids is 1. The van der Waals surface area contributed by atoms with Gasteiger partial charge in [-0.2, -0.15) is 0 Å². The summed E-state index contributed by atoms with van der Waals surface area (Å²) in [4.78, 5) is 13.1. The van der Waals surface area contributed by atoms with Crippen LogP contribution in [0.25, 0.3) is 0 Å². The maximum Gasteiger partial charge on any atom is 0.222 e. The summed E-state index contributed by atoms with van der Waals surface area (Å²) in [5, 5.41) is 9.77. The number of rotatable bonds is 3. The first-order valence-electron chi connectivity index (χ1n) is 4.81. The molecule has 1 heterocycles. The van der Waals surface area contributed by atoms with Crippen LogP contribution in [0.5, 0.6) is 0 Å². The van der Waals surface area contributed by atoms with Gasteiger partial charge >= 0.3 is 0 Å². The van der Waals surface area contributed by atoms with E-state index in [2.05, 4.69) is 0 Å². The first-order chi connectivity index (χ1) is 6.11. The van der Waals surface area contributed by atoms with E-state index in [1.54, 1.807) is 4.90 Å². The fourth-order valence-corrected chi connectivity index (χ4v) is 1.61. The Labute approximate surface area is 78.7 Å². The minimum Gasteiger partial charge on any atom is -0.387 e. The normalized spacial score (nSPS) is 28.1. The standard InChI is InChI=1S/C9H18N2O2/c1-2-3-8(12)11-5-4-9(13,6-10)7-11/h13H,2-7,10H2,1H3. The zero-order valence-electron chi connectivity index (χ0n) is 8.12. The molecule has 0 bridgehead atoms. The predicted molar refractivity (Wildman–Crippen MR) is 50.1 cm³/mol.